The zero-order chi connectivity index (χ0) is 19.4. The van der Waals surface area contributed by atoms with Crippen LogP contribution in [0.2, 0.25) is 0 Å². The minimum atomic E-state index is -0.163. The summed E-state index contributed by atoms with van der Waals surface area (Å²) in [7, 11) is 0. The highest BCUT2D eigenvalue weighted by Gasteiger charge is 2.31. The van der Waals surface area contributed by atoms with Crippen molar-refractivity contribution in [3.8, 4) is 0 Å². The van der Waals surface area contributed by atoms with E-state index in [9.17, 15) is 14.4 Å². The third-order valence-corrected chi connectivity index (χ3v) is 6.13. The van der Waals surface area contributed by atoms with Crippen LogP contribution < -0.4 is 10.7 Å². The molecule has 0 radical (unpaired) electrons. The lowest BCUT2D eigenvalue weighted by Gasteiger charge is -2.35. The van der Waals surface area contributed by atoms with E-state index >= 15 is 0 Å². The third-order valence-electron chi connectivity index (χ3n) is 6.13. The van der Waals surface area contributed by atoms with Crippen molar-refractivity contribution in [2.75, 3.05) is 13.1 Å². The van der Waals surface area contributed by atoms with Crippen molar-refractivity contribution in [3.05, 3.63) is 33.2 Å². The van der Waals surface area contributed by atoms with Crippen LogP contribution in [-0.4, -0.2) is 34.8 Å². The van der Waals surface area contributed by atoms with E-state index in [1.54, 1.807) is 20.0 Å². The average Bonchev–Trinajstić information content (AvgIpc) is 2.68. The summed E-state index contributed by atoms with van der Waals surface area (Å²) in [4.78, 5) is 41.9. The standard InChI is InChI=1S/C21H31N3O3/c1-14-10-22-18(15(2)20(14)26)11-23-21(27)17-8-9-19(25)24(13-17)12-16-6-4-3-5-7-16/h10,16-17H,3-9,11-13H2,1-2H3,(H,22,26)(H,23,27)/t17-/m1/s1. The van der Waals surface area contributed by atoms with Gasteiger partial charge in [-0.3, -0.25) is 14.4 Å². The van der Waals surface area contributed by atoms with Crippen LogP contribution in [0.1, 0.15) is 61.8 Å². The second-order valence-corrected chi connectivity index (χ2v) is 8.16. The molecule has 0 aromatic carbocycles. The number of rotatable bonds is 5. The molecule has 1 atom stereocenters. The van der Waals surface area contributed by atoms with Crippen LogP contribution in [0.5, 0.6) is 0 Å². The van der Waals surface area contributed by atoms with E-state index < -0.39 is 0 Å². The molecule has 27 heavy (non-hydrogen) atoms. The van der Waals surface area contributed by atoms with Crippen LogP contribution in [0, 0.1) is 25.7 Å². The largest absolute Gasteiger partial charge is 0.363 e. The Labute approximate surface area is 160 Å². The molecular formula is C21H31N3O3. The molecule has 0 spiro atoms. The first-order valence-corrected chi connectivity index (χ1v) is 10.2. The topological polar surface area (TPSA) is 82.3 Å². The number of likely N-dealkylation sites (tertiary alicyclic amines) is 1. The van der Waals surface area contributed by atoms with Gasteiger partial charge in [-0.2, -0.15) is 0 Å². The molecule has 1 saturated heterocycles. The molecule has 0 unspecified atom stereocenters. The Hall–Kier alpha value is -2.11. The van der Waals surface area contributed by atoms with E-state index in [-0.39, 0.29) is 23.2 Å². The van der Waals surface area contributed by atoms with Crippen molar-refractivity contribution in [2.24, 2.45) is 11.8 Å². The predicted molar refractivity (Wildman–Crippen MR) is 104 cm³/mol. The summed E-state index contributed by atoms with van der Waals surface area (Å²) in [6, 6.07) is 0. The fraction of sp³-hybridized carbons (Fsp3) is 0.667. The first-order chi connectivity index (χ1) is 13.0. The second kappa shape index (κ2) is 8.72. The first kappa shape index (κ1) is 19.6. The summed E-state index contributed by atoms with van der Waals surface area (Å²) in [6.07, 6.45) is 8.94. The number of hydrogen-bond donors (Lipinski definition) is 2. The smallest absolute Gasteiger partial charge is 0.225 e. The Balaban J connectivity index is 1.55. The maximum atomic E-state index is 12.6. The Kier molecular flexibility index (Phi) is 6.34. The lowest BCUT2D eigenvalue weighted by molar-refractivity contribution is -0.139. The van der Waals surface area contributed by atoms with Gasteiger partial charge in [0.25, 0.3) is 0 Å². The van der Waals surface area contributed by atoms with E-state index in [4.69, 9.17) is 0 Å². The Morgan fingerprint density at radius 2 is 1.93 bits per heavy atom. The molecule has 1 aliphatic heterocycles. The van der Waals surface area contributed by atoms with E-state index in [0.29, 0.717) is 43.0 Å². The van der Waals surface area contributed by atoms with E-state index in [0.717, 1.165) is 12.2 Å². The molecule has 1 aliphatic carbocycles. The maximum absolute atomic E-state index is 12.6. The molecule has 6 heteroatoms. The SMILES string of the molecule is Cc1c[nH]c(CNC(=O)[C@@H]2CCC(=O)N(CC3CCCCC3)C2)c(C)c1=O. The molecule has 1 aromatic heterocycles. The number of pyridine rings is 1. The summed E-state index contributed by atoms with van der Waals surface area (Å²) in [5.41, 5.74) is 2.07. The molecular weight excluding hydrogens is 342 g/mol. The summed E-state index contributed by atoms with van der Waals surface area (Å²) < 4.78 is 0. The highest BCUT2D eigenvalue weighted by Crippen LogP contribution is 2.27. The molecule has 2 N–H and O–H groups in total. The number of aromatic nitrogens is 1. The number of H-pyrrole nitrogens is 1. The molecule has 1 saturated carbocycles. The summed E-state index contributed by atoms with van der Waals surface area (Å²) in [5, 5.41) is 2.95. The van der Waals surface area contributed by atoms with Gasteiger partial charge in [0, 0.05) is 42.5 Å². The van der Waals surface area contributed by atoms with Crippen LogP contribution in [0.15, 0.2) is 11.0 Å². The minimum Gasteiger partial charge on any atom is -0.363 e. The van der Waals surface area contributed by atoms with E-state index in [1.807, 2.05) is 4.90 Å². The van der Waals surface area contributed by atoms with Crippen LogP contribution in [-0.2, 0) is 16.1 Å². The van der Waals surface area contributed by atoms with Gasteiger partial charge in [-0.25, -0.2) is 0 Å². The quantitative estimate of drug-likeness (QED) is 0.832. The van der Waals surface area contributed by atoms with Gasteiger partial charge < -0.3 is 15.2 Å². The number of aromatic amines is 1. The maximum Gasteiger partial charge on any atom is 0.225 e. The van der Waals surface area contributed by atoms with Crippen molar-refractivity contribution in [1.82, 2.24) is 15.2 Å². The van der Waals surface area contributed by atoms with Gasteiger partial charge in [-0.15, -0.1) is 0 Å². The lowest BCUT2D eigenvalue weighted by Crippen LogP contribution is -2.47. The summed E-state index contributed by atoms with van der Waals surface area (Å²) in [5.74, 6) is 0.578. The molecule has 2 aliphatic rings. The number of carbonyl (C=O) groups is 2. The summed E-state index contributed by atoms with van der Waals surface area (Å²) in [6.45, 7) is 5.18. The summed E-state index contributed by atoms with van der Waals surface area (Å²) >= 11 is 0. The molecule has 1 aromatic rings. The average molecular weight is 373 g/mol. The normalized spacial score (nSPS) is 21.3. The van der Waals surface area contributed by atoms with Crippen molar-refractivity contribution >= 4 is 11.8 Å². The van der Waals surface area contributed by atoms with Crippen LogP contribution in [0.3, 0.4) is 0 Å². The molecule has 148 valence electrons. The lowest BCUT2D eigenvalue weighted by atomic mass is 9.87. The van der Waals surface area contributed by atoms with E-state index in [2.05, 4.69) is 10.3 Å². The number of nitrogens with zero attached hydrogens (tertiary/aromatic N) is 1. The number of nitrogens with one attached hydrogen (secondary N) is 2. The number of carbonyl (C=O) groups excluding carboxylic acids is 2. The van der Waals surface area contributed by atoms with Gasteiger partial charge >= 0.3 is 0 Å². The number of hydrogen-bond acceptors (Lipinski definition) is 3. The number of piperidine rings is 1. The molecule has 2 heterocycles. The van der Waals surface area contributed by atoms with Crippen molar-refractivity contribution in [1.29, 1.82) is 0 Å². The van der Waals surface area contributed by atoms with Crippen LogP contribution in [0.25, 0.3) is 0 Å². The highest BCUT2D eigenvalue weighted by molar-refractivity contribution is 5.83. The molecule has 6 nitrogen and oxygen atoms in total. The van der Waals surface area contributed by atoms with Gasteiger partial charge in [0.15, 0.2) is 5.43 Å². The highest BCUT2D eigenvalue weighted by atomic mass is 16.2. The zero-order valence-corrected chi connectivity index (χ0v) is 16.5. The van der Waals surface area contributed by atoms with Gasteiger partial charge in [0.2, 0.25) is 11.8 Å². The number of aryl methyl sites for hydroxylation is 1. The molecule has 2 amide bonds. The Morgan fingerprint density at radius 1 is 1.19 bits per heavy atom. The van der Waals surface area contributed by atoms with Crippen LogP contribution >= 0.6 is 0 Å². The Bertz CT molecular complexity index is 750. The van der Waals surface area contributed by atoms with Crippen LogP contribution in [0.4, 0.5) is 0 Å². The van der Waals surface area contributed by atoms with Gasteiger partial charge in [-0.05, 0) is 39.0 Å². The first-order valence-electron chi connectivity index (χ1n) is 10.2. The van der Waals surface area contributed by atoms with Crippen molar-refractivity contribution in [2.45, 2.75) is 65.3 Å². The molecule has 0 bridgehead atoms. The third kappa shape index (κ3) is 4.79. The molecule has 3 rings (SSSR count). The number of amides is 2. The fourth-order valence-corrected chi connectivity index (χ4v) is 4.29. The minimum absolute atomic E-state index is 0.0138. The molecule has 2 fully saturated rings. The Morgan fingerprint density at radius 3 is 2.67 bits per heavy atom. The van der Waals surface area contributed by atoms with Crippen molar-refractivity contribution < 1.29 is 9.59 Å². The van der Waals surface area contributed by atoms with Gasteiger partial charge in [0.1, 0.15) is 0 Å². The fourth-order valence-electron chi connectivity index (χ4n) is 4.29. The zero-order valence-electron chi connectivity index (χ0n) is 16.5. The monoisotopic (exact) mass is 373 g/mol. The van der Waals surface area contributed by atoms with Crippen molar-refractivity contribution in [3.63, 3.8) is 0 Å². The van der Waals surface area contributed by atoms with E-state index in [1.165, 1.54) is 32.1 Å². The predicted octanol–water partition coefficient (Wildman–Crippen LogP) is 2.43. The van der Waals surface area contributed by atoms with Gasteiger partial charge in [-0.1, -0.05) is 19.3 Å². The second-order valence-electron chi connectivity index (χ2n) is 8.16. The van der Waals surface area contributed by atoms with Gasteiger partial charge in [0.05, 0.1) is 12.5 Å².